The summed E-state index contributed by atoms with van der Waals surface area (Å²) in [6, 6.07) is 55.8. The molecular weight excluding hydrogens is 647 g/mol. The first kappa shape index (κ1) is 29.4. The molecule has 2 aromatic heterocycles. The lowest BCUT2D eigenvalue weighted by Gasteiger charge is -2.22. The number of nitrogens with zero attached hydrogens (tertiary/aromatic N) is 3. The lowest BCUT2D eigenvalue weighted by Crippen LogP contribution is -1.98. The summed E-state index contributed by atoms with van der Waals surface area (Å²) in [4.78, 5) is 9.18. The number of aromatic nitrogens is 2. The Hall–Kier alpha value is -7.35. The topological polar surface area (TPSA) is 58.8 Å². The van der Waals surface area contributed by atoms with E-state index >= 15 is 0 Å². The van der Waals surface area contributed by atoms with Crippen molar-refractivity contribution in [1.29, 1.82) is 5.26 Å². The van der Waals surface area contributed by atoms with E-state index in [4.69, 9.17) is 9.72 Å². The van der Waals surface area contributed by atoms with Gasteiger partial charge in [-0.3, -0.25) is 4.98 Å². The van der Waals surface area contributed by atoms with Crippen molar-refractivity contribution >= 4 is 43.1 Å². The third-order valence-electron chi connectivity index (χ3n) is 10.7. The molecule has 0 spiro atoms. The van der Waals surface area contributed by atoms with Gasteiger partial charge in [-0.15, -0.1) is 0 Å². The molecule has 8 aromatic carbocycles. The Balaban J connectivity index is 0.956. The monoisotopic (exact) mass is 673 g/mol. The van der Waals surface area contributed by atoms with Crippen LogP contribution in [0.3, 0.4) is 0 Å². The predicted molar refractivity (Wildman–Crippen MR) is 215 cm³/mol. The van der Waals surface area contributed by atoms with Crippen molar-refractivity contribution in [2.45, 2.75) is 0 Å². The summed E-state index contributed by atoms with van der Waals surface area (Å²) in [5.74, 6) is 1.54. The summed E-state index contributed by atoms with van der Waals surface area (Å²) in [6.45, 7) is 0. The molecule has 4 nitrogen and oxygen atoms in total. The van der Waals surface area contributed by atoms with Crippen molar-refractivity contribution in [3.05, 3.63) is 170 Å². The Morgan fingerprint density at radius 1 is 0.434 bits per heavy atom. The number of benzene rings is 8. The van der Waals surface area contributed by atoms with Gasteiger partial charge in [0.15, 0.2) is 0 Å². The molecule has 244 valence electrons. The molecule has 0 fully saturated rings. The maximum absolute atomic E-state index is 9.42. The summed E-state index contributed by atoms with van der Waals surface area (Å²) < 4.78 is 6.33. The van der Waals surface area contributed by atoms with Crippen molar-refractivity contribution in [1.82, 2.24) is 9.97 Å². The van der Waals surface area contributed by atoms with Crippen molar-refractivity contribution in [2.24, 2.45) is 0 Å². The van der Waals surface area contributed by atoms with Crippen LogP contribution in [0.25, 0.3) is 99.0 Å². The highest BCUT2D eigenvalue weighted by molar-refractivity contribution is 6.24. The minimum absolute atomic E-state index is 0.590. The van der Waals surface area contributed by atoms with Gasteiger partial charge in [-0.25, -0.2) is 4.98 Å². The van der Waals surface area contributed by atoms with Crippen molar-refractivity contribution in [3.8, 4) is 73.5 Å². The largest absolute Gasteiger partial charge is 0.456 e. The number of hydrogen-bond acceptors (Lipinski definition) is 4. The quantitative estimate of drug-likeness (QED) is 0.174. The molecule has 0 unspecified atom stereocenters. The van der Waals surface area contributed by atoms with Crippen LogP contribution >= 0.6 is 0 Å². The molecule has 53 heavy (non-hydrogen) atoms. The molecular formula is C49H27N3O. The van der Waals surface area contributed by atoms with E-state index in [0.717, 1.165) is 67.0 Å². The fourth-order valence-electron chi connectivity index (χ4n) is 8.23. The van der Waals surface area contributed by atoms with Gasteiger partial charge in [0.1, 0.15) is 11.5 Å². The van der Waals surface area contributed by atoms with Crippen LogP contribution in [-0.2, 0) is 0 Å². The number of pyridine rings is 2. The summed E-state index contributed by atoms with van der Waals surface area (Å²) in [6.07, 6.45) is 3.61. The van der Waals surface area contributed by atoms with Gasteiger partial charge in [0, 0.05) is 34.5 Å². The third kappa shape index (κ3) is 4.62. The standard InChI is InChI=1S/C49H27N3O/c50-28-29-7-16-40-42-18-17-39(41-3-1-6-45(49(41)42)53-46(40)23-29)31-10-8-30(9-11-31)37-24-33-12-14-35-26-38(27-36-15-13-34(25-37)47(33)48(35)36)44-5-2-4-43(52-44)32-19-21-51-22-20-32/h1-27H. The average molecular weight is 674 g/mol. The molecule has 1 aliphatic rings. The van der Waals surface area contributed by atoms with Gasteiger partial charge in [-0.05, 0) is 138 Å². The number of ether oxygens (including phenoxy) is 1. The maximum Gasteiger partial charge on any atom is 0.136 e. The Morgan fingerprint density at radius 3 is 1.74 bits per heavy atom. The molecule has 0 aliphatic carbocycles. The summed E-state index contributed by atoms with van der Waals surface area (Å²) >= 11 is 0. The lowest BCUT2D eigenvalue weighted by atomic mass is 9.88. The zero-order valence-electron chi connectivity index (χ0n) is 28.3. The highest BCUT2D eigenvalue weighted by Crippen LogP contribution is 2.49. The Morgan fingerprint density at radius 2 is 1.04 bits per heavy atom. The highest BCUT2D eigenvalue weighted by Gasteiger charge is 2.22. The van der Waals surface area contributed by atoms with Gasteiger partial charge in [-0.1, -0.05) is 78.9 Å². The predicted octanol–water partition coefficient (Wildman–Crippen LogP) is 12.8. The van der Waals surface area contributed by atoms with E-state index in [2.05, 4.69) is 114 Å². The molecule has 0 saturated carbocycles. The first-order valence-electron chi connectivity index (χ1n) is 17.7. The Labute approximate surface area is 305 Å². The normalized spacial score (nSPS) is 11.9. The summed E-state index contributed by atoms with van der Waals surface area (Å²) in [5.41, 5.74) is 11.5. The van der Waals surface area contributed by atoms with Gasteiger partial charge in [0.25, 0.3) is 0 Å². The third-order valence-corrected chi connectivity index (χ3v) is 10.7. The van der Waals surface area contributed by atoms with Crippen LogP contribution in [0.5, 0.6) is 11.5 Å². The van der Waals surface area contributed by atoms with Crippen molar-refractivity contribution in [2.75, 3.05) is 0 Å². The molecule has 0 radical (unpaired) electrons. The highest BCUT2D eigenvalue weighted by atomic mass is 16.5. The SMILES string of the molecule is N#Cc1ccc2c(c1)Oc1cccc3c(-c4ccc(-c5cc6ccc7cc(-c8cccc(-c9ccncc9)n8)cc8ccc(c5)c6c78)cc4)ccc-2c13. The van der Waals surface area contributed by atoms with Gasteiger partial charge >= 0.3 is 0 Å². The molecule has 0 saturated heterocycles. The van der Waals surface area contributed by atoms with E-state index in [1.165, 1.54) is 43.4 Å². The van der Waals surface area contributed by atoms with Crippen LogP contribution in [0, 0.1) is 11.3 Å². The van der Waals surface area contributed by atoms with Crippen LogP contribution in [0.15, 0.2) is 164 Å². The zero-order chi connectivity index (χ0) is 35.0. The molecule has 0 atom stereocenters. The minimum Gasteiger partial charge on any atom is -0.456 e. The summed E-state index contributed by atoms with van der Waals surface area (Å²) in [7, 11) is 0. The molecule has 3 heterocycles. The van der Waals surface area contributed by atoms with Crippen LogP contribution in [0.2, 0.25) is 0 Å². The van der Waals surface area contributed by atoms with E-state index in [-0.39, 0.29) is 0 Å². The number of nitriles is 1. The van der Waals surface area contributed by atoms with E-state index in [1.807, 2.05) is 48.5 Å². The summed E-state index contributed by atoms with van der Waals surface area (Å²) in [5, 5.41) is 19.1. The minimum atomic E-state index is 0.590. The fourth-order valence-corrected chi connectivity index (χ4v) is 8.23. The smallest absolute Gasteiger partial charge is 0.136 e. The van der Waals surface area contributed by atoms with Crippen LogP contribution < -0.4 is 4.74 Å². The molecule has 0 amide bonds. The van der Waals surface area contributed by atoms with Gasteiger partial charge in [0.2, 0.25) is 0 Å². The second-order valence-electron chi connectivity index (χ2n) is 13.7. The number of hydrogen-bond donors (Lipinski definition) is 0. The van der Waals surface area contributed by atoms with Crippen LogP contribution in [0.4, 0.5) is 0 Å². The van der Waals surface area contributed by atoms with E-state index in [9.17, 15) is 5.26 Å². The fraction of sp³-hybridized carbons (Fsp3) is 0. The second-order valence-corrected chi connectivity index (χ2v) is 13.7. The van der Waals surface area contributed by atoms with E-state index in [0.29, 0.717) is 5.56 Å². The van der Waals surface area contributed by atoms with Gasteiger partial charge in [0.05, 0.1) is 23.0 Å². The first-order valence-corrected chi connectivity index (χ1v) is 17.7. The van der Waals surface area contributed by atoms with E-state index in [1.54, 1.807) is 12.4 Å². The Kier molecular flexibility index (Phi) is 6.28. The van der Waals surface area contributed by atoms with Crippen molar-refractivity contribution in [3.63, 3.8) is 0 Å². The van der Waals surface area contributed by atoms with Crippen LogP contribution in [-0.4, -0.2) is 9.97 Å². The molecule has 10 aromatic rings. The number of rotatable bonds is 4. The lowest BCUT2D eigenvalue weighted by molar-refractivity contribution is 0.487. The first-order chi connectivity index (χ1) is 26.2. The molecule has 4 heteroatoms. The molecule has 11 rings (SSSR count). The van der Waals surface area contributed by atoms with Crippen LogP contribution in [0.1, 0.15) is 5.56 Å². The van der Waals surface area contributed by atoms with Gasteiger partial charge in [-0.2, -0.15) is 5.26 Å². The molecule has 0 bridgehead atoms. The maximum atomic E-state index is 9.42. The second kappa shape index (κ2) is 11.3. The molecule has 0 N–H and O–H groups in total. The van der Waals surface area contributed by atoms with E-state index < -0.39 is 0 Å². The average Bonchev–Trinajstić information content (AvgIpc) is 3.23. The Bertz CT molecular complexity index is 3080. The van der Waals surface area contributed by atoms with Gasteiger partial charge < -0.3 is 4.74 Å². The molecule has 1 aliphatic heterocycles. The zero-order valence-corrected chi connectivity index (χ0v) is 28.3. The van der Waals surface area contributed by atoms with Crippen molar-refractivity contribution < 1.29 is 4.74 Å². The number of fused-ring (bicyclic) bond motifs is 2.